The number of hydrogen-bond donors (Lipinski definition) is 3. The molecular weight excluding hydrogens is 606 g/mol. The molecular formula is C28H25Br2NO6. The van der Waals surface area contributed by atoms with Gasteiger partial charge in [-0.3, -0.25) is 9.59 Å². The van der Waals surface area contributed by atoms with Gasteiger partial charge in [-0.15, -0.1) is 0 Å². The zero-order valence-electron chi connectivity index (χ0n) is 19.8. The first-order valence-electron chi connectivity index (χ1n) is 11.7. The zero-order valence-corrected chi connectivity index (χ0v) is 23.0. The van der Waals surface area contributed by atoms with Crippen LogP contribution in [0, 0.1) is 0 Å². The van der Waals surface area contributed by atoms with Crippen LogP contribution in [0.1, 0.15) is 52.9 Å². The van der Waals surface area contributed by atoms with Crippen molar-refractivity contribution >= 4 is 54.5 Å². The van der Waals surface area contributed by atoms with E-state index in [1.165, 1.54) is 18.2 Å². The smallest absolute Gasteiger partial charge is 0.217 e. The van der Waals surface area contributed by atoms with Gasteiger partial charge in [0.1, 0.15) is 23.7 Å². The van der Waals surface area contributed by atoms with E-state index in [1.54, 1.807) is 6.07 Å². The molecule has 4 N–H and O–H groups in total. The number of carbonyl (C=O) groups excluding carboxylic acids is 2. The number of furan rings is 1. The minimum atomic E-state index is -0.346. The number of unbranched alkanes of at least 4 members (excludes halogenated alkanes) is 2. The summed E-state index contributed by atoms with van der Waals surface area (Å²) in [7, 11) is 0. The predicted molar refractivity (Wildman–Crippen MR) is 147 cm³/mol. The van der Waals surface area contributed by atoms with Gasteiger partial charge >= 0.3 is 0 Å². The fourth-order valence-electron chi connectivity index (χ4n) is 4.04. The molecule has 0 spiro atoms. The molecule has 7 nitrogen and oxygen atoms in total. The van der Waals surface area contributed by atoms with Crippen LogP contribution < -0.4 is 10.5 Å². The van der Waals surface area contributed by atoms with Crippen molar-refractivity contribution in [3.05, 3.63) is 86.0 Å². The van der Waals surface area contributed by atoms with Crippen molar-refractivity contribution < 1.29 is 29.0 Å². The van der Waals surface area contributed by atoms with Crippen LogP contribution in [0.25, 0.3) is 11.0 Å². The molecule has 0 aliphatic heterocycles. The van der Waals surface area contributed by atoms with Gasteiger partial charge in [0.15, 0.2) is 17.3 Å². The normalized spacial score (nSPS) is 11.1. The van der Waals surface area contributed by atoms with Gasteiger partial charge in [0.25, 0.3) is 0 Å². The van der Waals surface area contributed by atoms with E-state index in [2.05, 4.69) is 31.9 Å². The third-order valence-electron chi connectivity index (χ3n) is 5.91. The Bertz CT molecular complexity index is 1430. The van der Waals surface area contributed by atoms with E-state index in [-0.39, 0.29) is 35.5 Å². The molecule has 1 aromatic heterocycles. The molecule has 3 aromatic carbocycles. The van der Waals surface area contributed by atoms with Crippen molar-refractivity contribution in [2.45, 2.75) is 38.7 Å². The maximum absolute atomic E-state index is 13.7. The molecule has 1 amide bonds. The molecule has 0 saturated carbocycles. The highest BCUT2D eigenvalue weighted by Crippen LogP contribution is 2.39. The van der Waals surface area contributed by atoms with Crippen molar-refractivity contribution in [2.24, 2.45) is 5.73 Å². The van der Waals surface area contributed by atoms with Gasteiger partial charge in [-0.05, 0) is 68.5 Å². The number of phenolic OH excluding ortho intramolecular Hbond substituents is 2. The van der Waals surface area contributed by atoms with Crippen LogP contribution in [0.3, 0.4) is 0 Å². The molecule has 0 atom stereocenters. The molecule has 0 saturated heterocycles. The third-order valence-corrected chi connectivity index (χ3v) is 7.12. The number of rotatable bonds is 11. The lowest BCUT2D eigenvalue weighted by molar-refractivity contribution is -0.118. The van der Waals surface area contributed by atoms with Crippen molar-refractivity contribution in [3.63, 3.8) is 0 Å². The van der Waals surface area contributed by atoms with Crippen LogP contribution >= 0.6 is 31.9 Å². The van der Waals surface area contributed by atoms with Crippen molar-refractivity contribution in [3.8, 4) is 17.2 Å². The molecule has 0 aliphatic carbocycles. The summed E-state index contributed by atoms with van der Waals surface area (Å²) >= 11 is 6.55. The minimum Gasteiger partial charge on any atom is -0.506 e. The number of ether oxygens (including phenoxy) is 1. The highest BCUT2D eigenvalue weighted by molar-refractivity contribution is 9.11. The summed E-state index contributed by atoms with van der Waals surface area (Å²) < 4.78 is 12.7. The van der Waals surface area contributed by atoms with Crippen LogP contribution in [0.15, 0.2) is 68.0 Å². The number of phenols is 2. The summed E-state index contributed by atoms with van der Waals surface area (Å²) in [5, 5.41) is 21.3. The van der Waals surface area contributed by atoms with E-state index in [1.807, 2.05) is 30.3 Å². The van der Waals surface area contributed by atoms with Crippen molar-refractivity contribution in [1.29, 1.82) is 0 Å². The molecule has 1 heterocycles. The Morgan fingerprint density at radius 1 is 0.946 bits per heavy atom. The van der Waals surface area contributed by atoms with E-state index in [0.29, 0.717) is 62.5 Å². The Morgan fingerprint density at radius 3 is 2.32 bits per heavy atom. The summed E-state index contributed by atoms with van der Waals surface area (Å²) in [6.07, 6.45) is 2.82. The number of fused-ring (bicyclic) bond motifs is 1. The number of primary amides is 1. The molecule has 4 rings (SSSR count). The highest BCUT2D eigenvalue weighted by atomic mass is 79.9. The van der Waals surface area contributed by atoms with Crippen LogP contribution in [0.4, 0.5) is 0 Å². The van der Waals surface area contributed by atoms with Crippen LogP contribution in [-0.2, 0) is 17.8 Å². The monoisotopic (exact) mass is 629 g/mol. The SMILES string of the molecule is NC(=O)CCCCCc1oc2cc(OCc3ccccc3)c(O)cc2c1C(=O)c1cc(Br)c(O)c(Br)c1. The molecule has 0 fully saturated rings. The molecule has 0 unspecified atom stereocenters. The Kier molecular flexibility index (Phi) is 8.56. The molecule has 9 heteroatoms. The largest absolute Gasteiger partial charge is 0.506 e. The quantitative estimate of drug-likeness (QED) is 0.124. The van der Waals surface area contributed by atoms with Gasteiger partial charge in [0, 0.05) is 29.9 Å². The lowest BCUT2D eigenvalue weighted by atomic mass is 9.97. The maximum Gasteiger partial charge on any atom is 0.217 e. The molecule has 0 aliphatic rings. The van der Waals surface area contributed by atoms with Crippen molar-refractivity contribution in [2.75, 3.05) is 0 Å². The molecule has 37 heavy (non-hydrogen) atoms. The fraction of sp³-hybridized carbons (Fsp3) is 0.214. The summed E-state index contributed by atoms with van der Waals surface area (Å²) in [6, 6.07) is 15.7. The number of aromatic hydroxyl groups is 2. The van der Waals surface area contributed by atoms with E-state index in [0.717, 1.165) is 12.0 Å². The average molecular weight is 631 g/mol. The predicted octanol–water partition coefficient (Wildman–Crippen LogP) is 6.77. The molecule has 192 valence electrons. The van der Waals surface area contributed by atoms with Gasteiger partial charge < -0.3 is 25.1 Å². The topological polar surface area (TPSA) is 123 Å². The number of aryl methyl sites for hydroxylation is 1. The van der Waals surface area contributed by atoms with Crippen LogP contribution in [0.5, 0.6) is 17.2 Å². The Balaban J connectivity index is 1.69. The number of amides is 1. The molecule has 4 aromatic rings. The summed E-state index contributed by atoms with van der Waals surface area (Å²) in [5.74, 6) is -0.0713. The second-order valence-electron chi connectivity index (χ2n) is 8.64. The summed E-state index contributed by atoms with van der Waals surface area (Å²) in [5.41, 5.74) is 7.24. The standard InChI is InChI=1S/C28H25Br2NO6/c29-19-11-17(12-20(30)28(19)35)27(34)26-18-13-21(32)24(36-15-16-7-3-1-4-8-16)14-23(18)37-22(26)9-5-2-6-10-25(31)33/h1,3-4,7-8,11-14,32,35H,2,5-6,9-10,15H2,(H2,31,33). The summed E-state index contributed by atoms with van der Waals surface area (Å²) in [4.78, 5) is 24.7. The van der Waals surface area contributed by atoms with Gasteiger partial charge in [-0.25, -0.2) is 0 Å². The van der Waals surface area contributed by atoms with Gasteiger partial charge in [-0.1, -0.05) is 36.8 Å². The average Bonchev–Trinajstić information content (AvgIpc) is 3.22. The minimum absolute atomic E-state index is 0.0128. The Labute approximate surface area is 230 Å². The molecule has 0 radical (unpaired) electrons. The van der Waals surface area contributed by atoms with Crippen LogP contribution in [-0.4, -0.2) is 21.9 Å². The Hall–Kier alpha value is -3.30. The van der Waals surface area contributed by atoms with Gasteiger partial charge in [0.2, 0.25) is 5.91 Å². The van der Waals surface area contributed by atoms with Gasteiger partial charge in [-0.2, -0.15) is 0 Å². The first kappa shape index (κ1) is 26.8. The highest BCUT2D eigenvalue weighted by Gasteiger charge is 2.25. The number of halogens is 2. The molecule has 0 bridgehead atoms. The second-order valence-corrected chi connectivity index (χ2v) is 10.3. The number of carbonyl (C=O) groups is 2. The number of nitrogens with two attached hydrogens (primary N) is 1. The van der Waals surface area contributed by atoms with Gasteiger partial charge in [0.05, 0.1) is 14.5 Å². The first-order valence-corrected chi connectivity index (χ1v) is 13.3. The fourth-order valence-corrected chi connectivity index (χ4v) is 5.23. The Morgan fingerprint density at radius 2 is 1.65 bits per heavy atom. The number of ketones is 1. The second kappa shape index (κ2) is 11.8. The lowest BCUT2D eigenvalue weighted by Gasteiger charge is -2.09. The third kappa shape index (κ3) is 6.34. The zero-order chi connectivity index (χ0) is 26.5. The maximum atomic E-state index is 13.7. The van der Waals surface area contributed by atoms with E-state index < -0.39 is 0 Å². The summed E-state index contributed by atoms with van der Waals surface area (Å²) in [6.45, 7) is 0.259. The van der Waals surface area contributed by atoms with E-state index >= 15 is 0 Å². The van der Waals surface area contributed by atoms with E-state index in [9.17, 15) is 19.8 Å². The lowest BCUT2D eigenvalue weighted by Crippen LogP contribution is -2.09. The number of benzene rings is 3. The van der Waals surface area contributed by atoms with E-state index in [4.69, 9.17) is 14.9 Å². The van der Waals surface area contributed by atoms with Crippen molar-refractivity contribution in [1.82, 2.24) is 0 Å². The number of hydrogen-bond acceptors (Lipinski definition) is 6. The first-order chi connectivity index (χ1) is 17.7. The van der Waals surface area contributed by atoms with Crippen LogP contribution in [0.2, 0.25) is 0 Å².